The third-order valence-corrected chi connectivity index (χ3v) is 6.85. The topological polar surface area (TPSA) is 64.0 Å². The summed E-state index contributed by atoms with van der Waals surface area (Å²) in [5.74, 6) is 1.14. The summed E-state index contributed by atoms with van der Waals surface area (Å²) in [5.41, 5.74) is 4.82. The molecule has 1 saturated carbocycles. The lowest BCUT2D eigenvalue weighted by molar-refractivity contribution is -0.116. The van der Waals surface area contributed by atoms with Gasteiger partial charge in [0.25, 0.3) is 5.56 Å². The molecule has 0 bridgehead atoms. The highest BCUT2D eigenvalue weighted by atomic mass is 16.1. The Morgan fingerprint density at radius 1 is 0.972 bits per heavy atom. The standard InChI is InChI=1S/C31H33N3O2/c1-31(2,3)24-14-9-22(10-15-24)20-34-29(23-12-13-23)33-27-17-16-25(19-26(27)30(34)36)32-28(35)18-11-21-7-5-4-6-8-21/h4-10,14-17,19,23H,11-13,18,20H2,1-3H3,(H,32,35). The number of benzene rings is 3. The van der Waals surface area contributed by atoms with Gasteiger partial charge in [0.15, 0.2) is 0 Å². The summed E-state index contributed by atoms with van der Waals surface area (Å²) < 4.78 is 1.83. The zero-order chi connectivity index (χ0) is 25.3. The monoisotopic (exact) mass is 479 g/mol. The first-order valence-corrected chi connectivity index (χ1v) is 12.8. The predicted molar refractivity (Wildman–Crippen MR) is 146 cm³/mol. The van der Waals surface area contributed by atoms with E-state index in [-0.39, 0.29) is 16.9 Å². The molecule has 36 heavy (non-hydrogen) atoms. The summed E-state index contributed by atoms with van der Waals surface area (Å²) in [6.07, 6.45) is 3.19. The van der Waals surface area contributed by atoms with Crippen molar-refractivity contribution < 1.29 is 4.79 Å². The van der Waals surface area contributed by atoms with Gasteiger partial charge in [-0.3, -0.25) is 14.2 Å². The molecular weight excluding hydrogens is 446 g/mol. The van der Waals surface area contributed by atoms with Gasteiger partial charge in [0.1, 0.15) is 5.82 Å². The van der Waals surface area contributed by atoms with Crippen LogP contribution in [0.3, 0.4) is 0 Å². The van der Waals surface area contributed by atoms with E-state index in [9.17, 15) is 9.59 Å². The van der Waals surface area contributed by atoms with E-state index >= 15 is 0 Å². The molecule has 0 saturated heterocycles. The number of rotatable bonds is 7. The van der Waals surface area contributed by atoms with Crippen molar-refractivity contribution in [1.82, 2.24) is 9.55 Å². The normalized spacial score (nSPS) is 13.6. The van der Waals surface area contributed by atoms with Crippen molar-refractivity contribution in [3.05, 3.63) is 106 Å². The highest BCUT2D eigenvalue weighted by molar-refractivity contribution is 5.93. The minimum atomic E-state index is -0.0694. The molecule has 1 fully saturated rings. The lowest BCUT2D eigenvalue weighted by Gasteiger charge is -2.19. The first-order chi connectivity index (χ1) is 17.3. The van der Waals surface area contributed by atoms with Crippen molar-refractivity contribution in [2.24, 2.45) is 0 Å². The maximum atomic E-state index is 13.7. The average Bonchev–Trinajstić information content (AvgIpc) is 3.71. The van der Waals surface area contributed by atoms with Crippen LogP contribution in [0.4, 0.5) is 5.69 Å². The molecular formula is C31H33N3O2. The summed E-state index contributed by atoms with van der Waals surface area (Å²) in [6, 6.07) is 23.9. The lowest BCUT2D eigenvalue weighted by Crippen LogP contribution is -2.26. The third-order valence-electron chi connectivity index (χ3n) is 6.85. The molecule has 1 aliphatic rings. The molecule has 1 aliphatic carbocycles. The molecule has 0 aliphatic heterocycles. The number of carbonyl (C=O) groups is 1. The molecule has 0 atom stereocenters. The lowest BCUT2D eigenvalue weighted by atomic mass is 9.87. The van der Waals surface area contributed by atoms with Gasteiger partial charge in [0.2, 0.25) is 5.91 Å². The fourth-order valence-corrected chi connectivity index (χ4v) is 4.54. The largest absolute Gasteiger partial charge is 0.326 e. The second-order valence-corrected chi connectivity index (χ2v) is 10.8. The molecule has 0 radical (unpaired) electrons. The Labute approximate surface area is 212 Å². The molecule has 3 aromatic carbocycles. The van der Waals surface area contributed by atoms with Gasteiger partial charge in [-0.2, -0.15) is 0 Å². The Kier molecular flexibility index (Phi) is 6.48. The molecule has 1 aromatic heterocycles. The number of nitrogens with one attached hydrogen (secondary N) is 1. The zero-order valence-electron chi connectivity index (χ0n) is 21.3. The number of hydrogen-bond donors (Lipinski definition) is 1. The predicted octanol–water partition coefficient (Wildman–Crippen LogP) is 6.19. The van der Waals surface area contributed by atoms with Gasteiger partial charge in [0, 0.05) is 18.0 Å². The van der Waals surface area contributed by atoms with Crippen LogP contribution in [0.1, 0.15) is 68.5 Å². The number of hydrogen-bond acceptors (Lipinski definition) is 3. The van der Waals surface area contributed by atoms with Gasteiger partial charge >= 0.3 is 0 Å². The fourth-order valence-electron chi connectivity index (χ4n) is 4.54. The van der Waals surface area contributed by atoms with E-state index in [1.54, 1.807) is 6.07 Å². The van der Waals surface area contributed by atoms with E-state index in [1.807, 2.05) is 47.0 Å². The second-order valence-electron chi connectivity index (χ2n) is 10.8. The number of amides is 1. The number of nitrogens with zero attached hydrogens (tertiary/aromatic N) is 2. The fraction of sp³-hybridized carbons (Fsp3) is 0.323. The molecule has 1 amide bonds. The molecule has 5 nitrogen and oxygen atoms in total. The number of aryl methyl sites for hydroxylation is 1. The van der Waals surface area contributed by atoms with Crippen molar-refractivity contribution in [2.45, 2.75) is 64.3 Å². The third kappa shape index (κ3) is 5.40. The molecule has 1 N–H and O–H groups in total. The molecule has 184 valence electrons. The summed E-state index contributed by atoms with van der Waals surface area (Å²) in [7, 11) is 0. The van der Waals surface area contributed by atoms with E-state index in [1.165, 1.54) is 5.56 Å². The van der Waals surface area contributed by atoms with Crippen LogP contribution in [0.2, 0.25) is 0 Å². The first-order valence-electron chi connectivity index (χ1n) is 12.8. The number of aromatic nitrogens is 2. The van der Waals surface area contributed by atoms with E-state index in [0.717, 1.165) is 29.8 Å². The van der Waals surface area contributed by atoms with Gasteiger partial charge in [-0.05, 0) is 59.6 Å². The molecule has 0 spiro atoms. The van der Waals surface area contributed by atoms with Crippen molar-refractivity contribution in [1.29, 1.82) is 0 Å². The van der Waals surface area contributed by atoms with Crippen molar-refractivity contribution in [2.75, 3.05) is 5.32 Å². The highest BCUT2D eigenvalue weighted by Crippen LogP contribution is 2.39. The maximum Gasteiger partial charge on any atom is 0.261 e. The van der Waals surface area contributed by atoms with Gasteiger partial charge in [-0.25, -0.2) is 4.98 Å². The Balaban J connectivity index is 1.40. The molecule has 5 rings (SSSR count). The van der Waals surface area contributed by atoms with Crippen LogP contribution in [0.5, 0.6) is 0 Å². The van der Waals surface area contributed by atoms with Crippen LogP contribution in [0.15, 0.2) is 77.6 Å². The van der Waals surface area contributed by atoms with Crippen molar-refractivity contribution in [3.8, 4) is 0 Å². The van der Waals surface area contributed by atoms with Crippen LogP contribution in [-0.2, 0) is 23.2 Å². The Morgan fingerprint density at radius 3 is 2.36 bits per heavy atom. The summed E-state index contributed by atoms with van der Waals surface area (Å²) in [4.78, 5) is 31.1. The molecule has 1 heterocycles. The Bertz CT molecular complexity index is 1440. The summed E-state index contributed by atoms with van der Waals surface area (Å²) in [5, 5.41) is 3.49. The minimum absolute atomic E-state index is 0.0535. The number of anilines is 1. The summed E-state index contributed by atoms with van der Waals surface area (Å²) >= 11 is 0. The maximum absolute atomic E-state index is 13.7. The van der Waals surface area contributed by atoms with E-state index in [2.05, 4.69) is 50.4 Å². The van der Waals surface area contributed by atoms with Crippen LogP contribution in [-0.4, -0.2) is 15.5 Å². The van der Waals surface area contributed by atoms with Gasteiger partial charge < -0.3 is 5.32 Å². The molecule has 0 unspecified atom stereocenters. The molecule has 5 heteroatoms. The van der Waals surface area contributed by atoms with Crippen LogP contribution in [0, 0.1) is 0 Å². The smallest absolute Gasteiger partial charge is 0.261 e. The van der Waals surface area contributed by atoms with Crippen molar-refractivity contribution in [3.63, 3.8) is 0 Å². The van der Waals surface area contributed by atoms with E-state index in [4.69, 9.17) is 4.98 Å². The first kappa shape index (κ1) is 24.0. The van der Waals surface area contributed by atoms with Gasteiger partial charge in [-0.15, -0.1) is 0 Å². The SMILES string of the molecule is CC(C)(C)c1ccc(Cn2c(C3CC3)nc3ccc(NC(=O)CCc4ccccc4)cc3c2=O)cc1. The Hall–Kier alpha value is -3.73. The van der Waals surface area contributed by atoms with Crippen LogP contribution < -0.4 is 10.9 Å². The second kappa shape index (κ2) is 9.73. The summed E-state index contributed by atoms with van der Waals surface area (Å²) in [6.45, 7) is 7.08. The van der Waals surface area contributed by atoms with E-state index < -0.39 is 0 Å². The van der Waals surface area contributed by atoms with Crippen molar-refractivity contribution >= 4 is 22.5 Å². The zero-order valence-corrected chi connectivity index (χ0v) is 21.3. The van der Waals surface area contributed by atoms with Gasteiger partial charge in [-0.1, -0.05) is 75.4 Å². The Morgan fingerprint density at radius 2 is 1.69 bits per heavy atom. The quantitative estimate of drug-likeness (QED) is 0.344. The minimum Gasteiger partial charge on any atom is -0.326 e. The molecule has 4 aromatic rings. The van der Waals surface area contributed by atoms with E-state index in [0.29, 0.717) is 41.9 Å². The average molecular weight is 480 g/mol. The van der Waals surface area contributed by atoms with Crippen LogP contribution in [0.25, 0.3) is 10.9 Å². The highest BCUT2D eigenvalue weighted by Gasteiger charge is 2.29. The number of carbonyl (C=O) groups excluding carboxylic acids is 1. The number of fused-ring (bicyclic) bond motifs is 1. The van der Waals surface area contributed by atoms with Crippen LogP contribution >= 0.6 is 0 Å². The van der Waals surface area contributed by atoms with Gasteiger partial charge in [0.05, 0.1) is 17.4 Å².